The van der Waals surface area contributed by atoms with Gasteiger partial charge in [0, 0.05) is 10.0 Å². The predicted molar refractivity (Wildman–Crippen MR) is 69.6 cm³/mol. The number of ether oxygens (including phenoxy) is 1. The van der Waals surface area contributed by atoms with Crippen LogP contribution in [0.15, 0.2) is 22.7 Å². The Balaban J connectivity index is 2.65. The number of rotatable bonds is 6. The van der Waals surface area contributed by atoms with E-state index in [9.17, 15) is 5.11 Å². The third-order valence-corrected chi connectivity index (χ3v) is 3.32. The molecule has 0 saturated heterocycles. The molecule has 1 aromatic carbocycles. The van der Waals surface area contributed by atoms with Gasteiger partial charge in [0.25, 0.3) is 0 Å². The summed E-state index contributed by atoms with van der Waals surface area (Å²) in [5.74, 6) is 1.38. The van der Waals surface area contributed by atoms with E-state index < -0.39 is 0 Å². The summed E-state index contributed by atoms with van der Waals surface area (Å²) in [6, 6.07) is 5.72. The van der Waals surface area contributed by atoms with Crippen molar-refractivity contribution in [2.24, 2.45) is 5.92 Å². The average molecular weight is 287 g/mol. The van der Waals surface area contributed by atoms with Crippen molar-refractivity contribution < 1.29 is 9.84 Å². The molecule has 0 spiro atoms. The van der Waals surface area contributed by atoms with Gasteiger partial charge < -0.3 is 9.84 Å². The molecule has 0 fully saturated rings. The number of benzene rings is 1. The Morgan fingerprint density at radius 1 is 1.31 bits per heavy atom. The minimum absolute atomic E-state index is 0.0116. The van der Waals surface area contributed by atoms with Crippen LogP contribution in [0.5, 0.6) is 5.75 Å². The maximum atomic E-state index is 9.22. The van der Waals surface area contributed by atoms with Gasteiger partial charge >= 0.3 is 0 Å². The first kappa shape index (κ1) is 13.5. The summed E-state index contributed by atoms with van der Waals surface area (Å²) in [5, 5.41) is 9.22. The molecule has 0 heterocycles. The Bertz CT molecular complexity index is 322. The molecule has 2 nitrogen and oxygen atoms in total. The molecule has 0 aliphatic rings. The standard InChI is InChI=1S/C13H19BrO2/c1-3-10(4-2)9-16-13-6-5-12(14)7-11(13)8-15/h5-7,10,15H,3-4,8-9H2,1-2H3. The van der Waals surface area contributed by atoms with Crippen molar-refractivity contribution in [1.29, 1.82) is 0 Å². The minimum atomic E-state index is 0.0116. The molecular formula is C13H19BrO2. The van der Waals surface area contributed by atoms with E-state index in [1.807, 2.05) is 18.2 Å². The largest absolute Gasteiger partial charge is 0.493 e. The van der Waals surface area contributed by atoms with Crippen LogP contribution in [0.25, 0.3) is 0 Å². The SMILES string of the molecule is CCC(CC)COc1ccc(Br)cc1CO. The van der Waals surface area contributed by atoms with Gasteiger partial charge in [-0.2, -0.15) is 0 Å². The highest BCUT2D eigenvalue weighted by molar-refractivity contribution is 9.10. The second kappa shape index (κ2) is 6.92. The molecule has 0 amide bonds. The molecule has 0 aliphatic heterocycles. The normalized spacial score (nSPS) is 10.8. The maximum Gasteiger partial charge on any atom is 0.124 e. The third kappa shape index (κ3) is 3.80. The summed E-state index contributed by atoms with van der Waals surface area (Å²) in [5.41, 5.74) is 0.834. The van der Waals surface area contributed by atoms with Crippen molar-refractivity contribution in [1.82, 2.24) is 0 Å². The van der Waals surface area contributed by atoms with Crippen LogP contribution in [-0.2, 0) is 6.61 Å². The Labute approximate surface area is 106 Å². The first-order chi connectivity index (χ1) is 7.71. The topological polar surface area (TPSA) is 29.5 Å². The molecule has 0 atom stereocenters. The number of aliphatic hydroxyl groups excluding tert-OH is 1. The maximum absolute atomic E-state index is 9.22. The van der Waals surface area contributed by atoms with Crippen LogP contribution in [0.4, 0.5) is 0 Å². The summed E-state index contributed by atoms with van der Waals surface area (Å²) in [6.07, 6.45) is 2.25. The van der Waals surface area contributed by atoms with Crippen LogP contribution in [0.2, 0.25) is 0 Å². The molecule has 1 rings (SSSR count). The summed E-state index contributed by atoms with van der Waals surface area (Å²) in [4.78, 5) is 0. The van der Waals surface area contributed by atoms with Crippen molar-refractivity contribution >= 4 is 15.9 Å². The summed E-state index contributed by atoms with van der Waals surface area (Å²) < 4.78 is 6.71. The molecule has 1 N–H and O–H groups in total. The van der Waals surface area contributed by atoms with Gasteiger partial charge in [0.1, 0.15) is 5.75 Å². The second-order valence-corrected chi connectivity index (χ2v) is 4.82. The average Bonchev–Trinajstić information content (AvgIpc) is 2.31. The van der Waals surface area contributed by atoms with E-state index in [4.69, 9.17) is 4.74 Å². The van der Waals surface area contributed by atoms with Gasteiger partial charge in [0.2, 0.25) is 0 Å². The summed E-state index contributed by atoms with van der Waals surface area (Å²) >= 11 is 3.38. The van der Waals surface area contributed by atoms with Crippen LogP contribution in [0.1, 0.15) is 32.3 Å². The zero-order valence-corrected chi connectivity index (χ0v) is 11.5. The third-order valence-electron chi connectivity index (χ3n) is 2.82. The lowest BCUT2D eigenvalue weighted by Gasteiger charge is -2.15. The molecule has 3 heteroatoms. The minimum Gasteiger partial charge on any atom is -0.493 e. The van der Waals surface area contributed by atoms with Crippen LogP contribution in [-0.4, -0.2) is 11.7 Å². The van der Waals surface area contributed by atoms with E-state index in [1.54, 1.807) is 0 Å². The van der Waals surface area contributed by atoms with Crippen molar-refractivity contribution in [2.45, 2.75) is 33.3 Å². The van der Waals surface area contributed by atoms with Crippen LogP contribution >= 0.6 is 15.9 Å². The lowest BCUT2D eigenvalue weighted by atomic mass is 10.1. The van der Waals surface area contributed by atoms with Crippen LogP contribution in [0.3, 0.4) is 0 Å². The monoisotopic (exact) mass is 286 g/mol. The Kier molecular flexibility index (Phi) is 5.85. The van der Waals surface area contributed by atoms with E-state index in [0.29, 0.717) is 5.92 Å². The highest BCUT2D eigenvalue weighted by Crippen LogP contribution is 2.24. The fraction of sp³-hybridized carbons (Fsp3) is 0.538. The molecule has 0 aliphatic carbocycles. The second-order valence-electron chi connectivity index (χ2n) is 3.90. The van der Waals surface area contributed by atoms with E-state index in [0.717, 1.165) is 35.2 Å². The van der Waals surface area contributed by atoms with Gasteiger partial charge in [0.05, 0.1) is 13.2 Å². The molecule has 0 aromatic heterocycles. The van der Waals surface area contributed by atoms with Gasteiger partial charge in [-0.25, -0.2) is 0 Å². The smallest absolute Gasteiger partial charge is 0.124 e. The lowest BCUT2D eigenvalue weighted by Crippen LogP contribution is -2.11. The molecule has 1 aromatic rings. The van der Waals surface area contributed by atoms with E-state index in [2.05, 4.69) is 29.8 Å². The Morgan fingerprint density at radius 3 is 2.56 bits per heavy atom. The van der Waals surface area contributed by atoms with Crippen molar-refractivity contribution in [3.05, 3.63) is 28.2 Å². The zero-order valence-electron chi connectivity index (χ0n) is 9.87. The van der Waals surface area contributed by atoms with Crippen molar-refractivity contribution in [3.8, 4) is 5.75 Å². The number of hydrogen-bond donors (Lipinski definition) is 1. The fourth-order valence-corrected chi connectivity index (χ4v) is 1.95. The fourth-order valence-electron chi connectivity index (χ4n) is 1.54. The van der Waals surface area contributed by atoms with E-state index in [-0.39, 0.29) is 6.61 Å². The first-order valence-electron chi connectivity index (χ1n) is 5.73. The molecule has 0 unspecified atom stereocenters. The molecule has 0 saturated carbocycles. The Morgan fingerprint density at radius 2 is 2.00 bits per heavy atom. The highest BCUT2D eigenvalue weighted by atomic mass is 79.9. The molecule has 90 valence electrons. The van der Waals surface area contributed by atoms with E-state index in [1.165, 1.54) is 0 Å². The van der Waals surface area contributed by atoms with Crippen LogP contribution < -0.4 is 4.74 Å². The summed E-state index contributed by atoms with van der Waals surface area (Å²) in [6.45, 7) is 5.08. The van der Waals surface area contributed by atoms with Gasteiger partial charge in [-0.15, -0.1) is 0 Å². The lowest BCUT2D eigenvalue weighted by molar-refractivity contribution is 0.226. The van der Waals surface area contributed by atoms with Crippen LogP contribution in [0, 0.1) is 5.92 Å². The highest BCUT2D eigenvalue weighted by Gasteiger charge is 2.07. The Hall–Kier alpha value is -0.540. The predicted octanol–water partition coefficient (Wildman–Crippen LogP) is 3.76. The van der Waals surface area contributed by atoms with Gasteiger partial charge in [-0.1, -0.05) is 42.6 Å². The zero-order chi connectivity index (χ0) is 12.0. The number of halogens is 1. The molecule has 0 bridgehead atoms. The summed E-state index contributed by atoms with van der Waals surface area (Å²) in [7, 11) is 0. The van der Waals surface area contributed by atoms with Crippen molar-refractivity contribution in [2.75, 3.05) is 6.61 Å². The van der Waals surface area contributed by atoms with Gasteiger partial charge in [-0.3, -0.25) is 0 Å². The quantitative estimate of drug-likeness (QED) is 0.863. The van der Waals surface area contributed by atoms with Crippen molar-refractivity contribution in [3.63, 3.8) is 0 Å². The number of hydrogen-bond acceptors (Lipinski definition) is 2. The molecule has 0 radical (unpaired) electrons. The molecular weight excluding hydrogens is 268 g/mol. The molecule has 16 heavy (non-hydrogen) atoms. The number of aliphatic hydroxyl groups is 1. The first-order valence-corrected chi connectivity index (χ1v) is 6.52. The van der Waals surface area contributed by atoms with Gasteiger partial charge in [-0.05, 0) is 24.1 Å². The van der Waals surface area contributed by atoms with Gasteiger partial charge in [0.15, 0.2) is 0 Å². The van der Waals surface area contributed by atoms with E-state index >= 15 is 0 Å².